The normalized spacial score (nSPS) is 10.8. The molecule has 4 rings (SSSR count). The standard InChI is InChI=1S/C21H16ClN3O2S/c1-27-17-5-2-4-14(12-17)13-25(16-9-7-15(22)8-10-16)21-24-19(26)18-6-3-11-23-20(18)28-21/h2-12H,13H2,1H3. The summed E-state index contributed by atoms with van der Waals surface area (Å²) in [6, 6.07) is 18.7. The molecule has 0 saturated carbocycles. The van der Waals surface area contributed by atoms with Crippen molar-refractivity contribution in [2.45, 2.75) is 6.54 Å². The van der Waals surface area contributed by atoms with Gasteiger partial charge in [0.2, 0.25) is 0 Å². The second-order valence-corrected chi connectivity index (χ2v) is 7.46. The zero-order valence-electron chi connectivity index (χ0n) is 15.0. The van der Waals surface area contributed by atoms with E-state index in [0.717, 1.165) is 17.0 Å². The summed E-state index contributed by atoms with van der Waals surface area (Å²) in [5.41, 5.74) is 1.61. The predicted molar refractivity (Wildman–Crippen MR) is 114 cm³/mol. The third kappa shape index (κ3) is 3.83. The van der Waals surface area contributed by atoms with Crippen molar-refractivity contribution in [1.29, 1.82) is 0 Å². The molecule has 0 atom stereocenters. The van der Waals surface area contributed by atoms with E-state index in [9.17, 15) is 4.79 Å². The topological polar surface area (TPSA) is 55.3 Å². The number of anilines is 2. The number of rotatable bonds is 5. The van der Waals surface area contributed by atoms with Crippen molar-refractivity contribution in [3.63, 3.8) is 0 Å². The van der Waals surface area contributed by atoms with Crippen LogP contribution in [0.1, 0.15) is 5.56 Å². The first-order valence-electron chi connectivity index (χ1n) is 8.56. The molecule has 0 aliphatic carbocycles. The zero-order chi connectivity index (χ0) is 19.5. The Morgan fingerprint density at radius 1 is 1.11 bits per heavy atom. The lowest BCUT2D eigenvalue weighted by Crippen LogP contribution is -2.20. The highest BCUT2D eigenvalue weighted by atomic mass is 35.5. The fraction of sp³-hybridized carbons (Fsp3) is 0.0952. The van der Waals surface area contributed by atoms with Crippen molar-refractivity contribution in [1.82, 2.24) is 9.97 Å². The van der Waals surface area contributed by atoms with Gasteiger partial charge in [-0.15, -0.1) is 0 Å². The summed E-state index contributed by atoms with van der Waals surface area (Å²) in [5.74, 6) is 0.773. The number of hydrogen-bond acceptors (Lipinski definition) is 6. The monoisotopic (exact) mass is 409 g/mol. The van der Waals surface area contributed by atoms with Crippen LogP contribution in [0.4, 0.5) is 10.8 Å². The maximum Gasteiger partial charge on any atom is 0.282 e. The van der Waals surface area contributed by atoms with Gasteiger partial charge in [0.25, 0.3) is 5.56 Å². The van der Waals surface area contributed by atoms with E-state index in [2.05, 4.69) is 9.97 Å². The fourth-order valence-corrected chi connectivity index (χ4v) is 3.94. The summed E-state index contributed by atoms with van der Waals surface area (Å²) in [5, 5.41) is 1.74. The molecule has 140 valence electrons. The van der Waals surface area contributed by atoms with E-state index in [-0.39, 0.29) is 5.56 Å². The SMILES string of the molecule is COc1cccc(CN(c2ccc(Cl)cc2)c2nc(=O)c3cccnc3s2)c1. The van der Waals surface area contributed by atoms with Crippen molar-refractivity contribution in [3.05, 3.63) is 87.8 Å². The number of halogens is 1. The number of fused-ring (bicyclic) bond motifs is 1. The van der Waals surface area contributed by atoms with Crippen LogP contribution >= 0.6 is 22.9 Å². The molecule has 2 heterocycles. The van der Waals surface area contributed by atoms with Gasteiger partial charge in [-0.1, -0.05) is 35.1 Å². The van der Waals surface area contributed by atoms with Gasteiger partial charge in [-0.05, 0) is 54.1 Å². The molecule has 7 heteroatoms. The number of pyridine rings is 1. The van der Waals surface area contributed by atoms with Gasteiger partial charge in [0.05, 0.1) is 19.0 Å². The molecule has 0 bridgehead atoms. The Morgan fingerprint density at radius 3 is 2.71 bits per heavy atom. The molecule has 0 aliphatic heterocycles. The summed E-state index contributed by atoms with van der Waals surface area (Å²) in [7, 11) is 1.64. The van der Waals surface area contributed by atoms with Gasteiger partial charge < -0.3 is 9.64 Å². The van der Waals surface area contributed by atoms with Crippen LogP contribution in [0, 0.1) is 0 Å². The Balaban J connectivity index is 1.83. The van der Waals surface area contributed by atoms with Crippen molar-refractivity contribution < 1.29 is 4.74 Å². The molecule has 28 heavy (non-hydrogen) atoms. The number of methoxy groups -OCH3 is 1. The average molecular weight is 410 g/mol. The number of hydrogen-bond donors (Lipinski definition) is 0. The molecule has 0 amide bonds. The molecule has 0 fully saturated rings. The van der Waals surface area contributed by atoms with Gasteiger partial charge >= 0.3 is 0 Å². The van der Waals surface area contributed by atoms with Crippen LogP contribution in [0.25, 0.3) is 10.2 Å². The zero-order valence-corrected chi connectivity index (χ0v) is 16.6. The van der Waals surface area contributed by atoms with E-state index < -0.39 is 0 Å². The lowest BCUT2D eigenvalue weighted by Gasteiger charge is -2.23. The molecule has 2 aromatic heterocycles. The Hall–Kier alpha value is -2.96. The van der Waals surface area contributed by atoms with E-state index in [1.165, 1.54) is 11.3 Å². The van der Waals surface area contributed by atoms with Crippen LogP contribution < -0.4 is 15.2 Å². The maximum atomic E-state index is 12.5. The van der Waals surface area contributed by atoms with Gasteiger partial charge in [0.15, 0.2) is 5.13 Å². The molecule has 5 nitrogen and oxygen atoms in total. The summed E-state index contributed by atoms with van der Waals surface area (Å²) in [4.78, 5) is 23.8. The van der Waals surface area contributed by atoms with E-state index in [1.807, 2.05) is 53.4 Å². The van der Waals surface area contributed by atoms with Gasteiger partial charge in [-0.2, -0.15) is 4.98 Å². The third-order valence-electron chi connectivity index (χ3n) is 4.23. The Morgan fingerprint density at radius 2 is 1.93 bits per heavy atom. The van der Waals surface area contributed by atoms with Crippen molar-refractivity contribution in [3.8, 4) is 5.75 Å². The minimum Gasteiger partial charge on any atom is -0.497 e. The maximum absolute atomic E-state index is 12.5. The van der Waals surface area contributed by atoms with Crippen LogP contribution in [0.2, 0.25) is 5.02 Å². The lowest BCUT2D eigenvalue weighted by atomic mass is 10.2. The molecule has 0 radical (unpaired) electrons. The second-order valence-electron chi connectivity index (χ2n) is 6.07. The highest BCUT2D eigenvalue weighted by Crippen LogP contribution is 2.32. The smallest absolute Gasteiger partial charge is 0.282 e. The van der Waals surface area contributed by atoms with Gasteiger partial charge in [0, 0.05) is 16.9 Å². The minimum absolute atomic E-state index is 0.290. The molecule has 0 aliphatic rings. The number of benzene rings is 2. The Bertz CT molecular complexity index is 1180. The summed E-state index contributed by atoms with van der Waals surface area (Å²) >= 11 is 7.43. The fourth-order valence-electron chi connectivity index (χ4n) is 2.85. The highest BCUT2D eigenvalue weighted by Gasteiger charge is 2.16. The summed E-state index contributed by atoms with van der Waals surface area (Å²) in [6.07, 6.45) is 1.68. The van der Waals surface area contributed by atoms with Crippen LogP contribution in [0.15, 0.2) is 71.7 Å². The number of aromatic nitrogens is 2. The van der Waals surface area contributed by atoms with E-state index in [0.29, 0.717) is 26.9 Å². The molecule has 0 N–H and O–H groups in total. The van der Waals surface area contributed by atoms with Gasteiger partial charge in [0.1, 0.15) is 10.6 Å². The first-order chi connectivity index (χ1) is 13.6. The number of ether oxygens (including phenoxy) is 1. The predicted octanol–water partition coefficient (Wildman–Crippen LogP) is 5.05. The molecular weight excluding hydrogens is 394 g/mol. The quantitative estimate of drug-likeness (QED) is 0.461. The van der Waals surface area contributed by atoms with E-state index in [1.54, 1.807) is 25.4 Å². The highest BCUT2D eigenvalue weighted by molar-refractivity contribution is 7.21. The Labute approximate surface area is 170 Å². The van der Waals surface area contributed by atoms with E-state index in [4.69, 9.17) is 16.3 Å². The van der Waals surface area contributed by atoms with Crippen molar-refractivity contribution >= 4 is 44.0 Å². The minimum atomic E-state index is -0.290. The number of nitrogens with zero attached hydrogens (tertiary/aromatic N) is 3. The largest absolute Gasteiger partial charge is 0.497 e. The first-order valence-corrected chi connectivity index (χ1v) is 9.75. The molecule has 0 spiro atoms. The average Bonchev–Trinajstić information content (AvgIpc) is 2.73. The summed E-state index contributed by atoms with van der Waals surface area (Å²) in [6.45, 7) is 0.514. The van der Waals surface area contributed by atoms with Gasteiger partial charge in [-0.3, -0.25) is 4.79 Å². The van der Waals surface area contributed by atoms with Crippen LogP contribution in [0.3, 0.4) is 0 Å². The van der Waals surface area contributed by atoms with E-state index >= 15 is 0 Å². The first kappa shape index (κ1) is 18.4. The van der Waals surface area contributed by atoms with Crippen molar-refractivity contribution in [2.75, 3.05) is 12.0 Å². The van der Waals surface area contributed by atoms with Gasteiger partial charge in [-0.25, -0.2) is 4.98 Å². The van der Waals surface area contributed by atoms with Crippen molar-refractivity contribution in [2.24, 2.45) is 0 Å². The van der Waals surface area contributed by atoms with Crippen LogP contribution in [0.5, 0.6) is 5.75 Å². The second kappa shape index (κ2) is 7.96. The molecule has 0 unspecified atom stereocenters. The van der Waals surface area contributed by atoms with Crippen LogP contribution in [-0.2, 0) is 6.54 Å². The molecule has 4 aromatic rings. The molecular formula is C21H16ClN3O2S. The van der Waals surface area contributed by atoms with Crippen LogP contribution in [-0.4, -0.2) is 17.1 Å². The molecule has 2 aromatic carbocycles. The Kier molecular flexibility index (Phi) is 5.23. The molecule has 0 saturated heterocycles. The lowest BCUT2D eigenvalue weighted by molar-refractivity contribution is 0.414. The third-order valence-corrected chi connectivity index (χ3v) is 5.50. The summed E-state index contributed by atoms with van der Waals surface area (Å²) < 4.78 is 5.33.